The molecule has 1 amide bonds. The van der Waals surface area contributed by atoms with Crippen molar-refractivity contribution in [3.05, 3.63) is 29.3 Å². The zero-order valence-electron chi connectivity index (χ0n) is 12.0. The Kier molecular flexibility index (Phi) is 6.36. The Morgan fingerprint density at radius 3 is 2.79 bits per heavy atom. The Balaban J connectivity index is 2.50. The molecule has 0 radical (unpaired) electrons. The van der Waals surface area contributed by atoms with E-state index >= 15 is 0 Å². The molecule has 19 heavy (non-hydrogen) atoms. The van der Waals surface area contributed by atoms with Crippen LogP contribution in [0.3, 0.4) is 0 Å². The zero-order valence-corrected chi connectivity index (χ0v) is 12.0. The van der Waals surface area contributed by atoms with Crippen LogP contribution >= 0.6 is 0 Å². The van der Waals surface area contributed by atoms with Crippen LogP contribution in [0.1, 0.15) is 31.4 Å². The van der Waals surface area contributed by atoms with Crippen LogP contribution < -0.4 is 15.8 Å². The number of nitrogens with one attached hydrogen (secondary N) is 1. The van der Waals surface area contributed by atoms with Gasteiger partial charge in [0.15, 0.2) is 0 Å². The van der Waals surface area contributed by atoms with E-state index in [0.717, 1.165) is 17.7 Å². The summed E-state index contributed by atoms with van der Waals surface area (Å²) in [5, 5.41) is 2.84. The molecule has 0 aliphatic heterocycles. The second-order valence-electron chi connectivity index (χ2n) is 4.97. The fraction of sp³-hybridized carbons (Fsp3) is 0.533. The number of carbonyl (C=O) groups excluding carboxylic acids is 1. The van der Waals surface area contributed by atoms with Crippen molar-refractivity contribution in [1.82, 2.24) is 5.32 Å². The number of carbonyl (C=O) groups is 1. The van der Waals surface area contributed by atoms with Gasteiger partial charge in [-0.3, -0.25) is 4.79 Å². The fourth-order valence-corrected chi connectivity index (χ4v) is 1.85. The highest BCUT2D eigenvalue weighted by Crippen LogP contribution is 2.20. The first-order valence-electron chi connectivity index (χ1n) is 6.74. The van der Waals surface area contributed by atoms with E-state index in [1.54, 1.807) is 0 Å². The van der Waals surface area contributed by atoms with Crippen molar-refractivity contribution in [3.8, 4) is 5.75 Å². The summed E-state index contributed by atoms with van der Waals surface area (Å²) in [4.78, 5) is 11.5. The summed E-state index contributed by atoms with van der Waals surface area (Å²) in [6, 6.07) is 6.19. The molecule has 0 unspecified atom stereocenters. The summed E-state index contributed by atoms with van der Waals surface area (Å²) in [5.74, 6) is 0.843. The van der Waals surface area contributed by atoms with Crippen molar-refractivity contribution >= 4 is 5.91 Å². The van der Waals surface area contributed by atoms with Gasteiger partial charge in [-0.25, -0.2) is 0 Å². The van der Waals surface area contributed by atoms with Crippen molar-refractivity contribution < 1.29 is 9.53 Å². The van der Waals surface area contributed by atoms with Gasteiger partial charge in [-0.1, -0.05) is 17.7 Å². The Labute approximate surface area is 115 Å². The van der Waals surface area contributed by atoms with Gasteiger partial charge >= 0.3 is 0 Å². The molecule has 0 aliphatic carbocycles. The average Bonchev–Trinajstić information content (AvgIpc) is 2.31. The van der Waals surface area contributed by atoms with Crippen LogP contribution in [-0.4, -0.2) is 25.1 Å². The normalized spacial score (nSPS) is 10.6. The molecule has 0 atom stereocenters. The predicted octanol–water partition coefficient (Wildman–Crippen LogP) is 1.79. The van der Waals surface area contributed by atoms with E-state index in [1.165, 1.54) is 5.56 Å². The van der Waals surface area contributed by atoms with E-state index in [1.807, 2.05) is 32.9 Å². The summed E-state index contributed by atoms with van der Waals surface area (Å²) in [5.41, 5.74) is 7.88. The molecule has 0 saturated heterocycles. The minimum atomic E-state index is 0.0162. The van der Waals surface area contributed by atoms with Gasteiger partial charge in [0.25, 0.3) is 0 Å². The quantitative estimate of drug-likeness (QED) is 0.789. The van der Waals surface area contributed by atoms with Crippen LogP contribution in [0, 0.1) is 6.92 Å². The predicted molar refractivity (Wildman–Crippen MR) is 77.3 cm³/mol. The molecule has 0 aromatic heterocycles. The molecule has 1 aromatic rings. The second kappa shape index (κ2) is 7.79. The van der Waals surface area contributed by atoms with E-state index in [0.29, 0.717) is 19.6 Å². The number of amides is 1. The highest BCUT2D eigenvalue weighted by Gasteiger charge is 2.06. The van der Waals surface area contributed by atoms with Crippen molar-refractivity contribution in [2.24, 2.45) is 5.73 Å². The standard InChI is InChI=1S/C15H24N2O2/c1-11(2)17-15(18)7-9-19-14-5-4-12(3)10-13(14)6-8-16/h4-5,10-11H,6-9,16H2,1-3H3,(H,17,18). The molecule has 1 rings (SSSR count). The van der Waals surface area contributed by atoms with Crippen molar-refractivity contribution in [3.63, 3.8) is 0 Å². The first-order valence-corrected chi connectivity index (χ1v) is 6.74. The highest BCUT2D eigenvalue weighted by atomic mass is 16.5. The monoisotopic (exact) mass is 264 g/mol. The number of aryl methyl sites for hydroxylation is 1. The summed E-state index contributed by atoms with van der Waals surface area (Å²) in [6.07, 6.45) is 1.16. The zero-order chi connectivity index (χ0) is 14.3. The topological polar surface area (TPSA) is 64.3 Å². The van der Waals surface area contributed by atoms with Gasteiger partial charge in [0.1, 0.15) is 5.75 Å². The maximum absolute atomic E-state index is 11.5. The van der Waals surface area contributed by atoms with Gasteiger partial charge in [-0.15, -0.1) is 0 Å². The van der Waals surface area contributed by atoms with Crippen LogP contribution in [0.4, 0.5) is 0 Å². The second-order valence-corrected chi connectivity index (χ2v) is 4.97. The Hall–Kier alpha value is -1.55. The maximum Gasteiger partial charge on any atom is 0.223 e. The number of nitrogens with two attached hydrogens (primary N) is 1. The minimum Gasteiger partial charge on any atom is -0.493 e. The molecule has 106 valence electrons. The molecule has 0 bridgehead atoms. The number of benzene rings is 1. The van der Waals surface area contributed by atoms with E-state index in [2.05, 4.69) is 11.4 Å². The first kappa shape index (κ1) is 15.5. The molecule has 3 N–H and O–H groups in total. The third kappa shape index (κ3) is 5.75. The van der Waals surface area contributed by atoms with E-state index < -0.39 is 0 Å². The lowest BCUT2D eigenvalue weighted by atomic mass is 10.1. The first-order chi connectivity index (χ1) is 9.02. The molecule has 4 nitrogen and oxygen atoms in total. The van der Waals surface area contributed by atoms with Crippen LogP contribution in [-0.2, 0) is 11.2 Å². The van der Waals surface area contributed by atoms with Crippen molar-refractivity contribution in [2.45, 2.75) is 39.7 Å². The van der Waals surface area contributed by atoms with Gasteiger partial charge in [0, 0.05) is 6.04 Å². The average molecular weight is 264 g/mol. The lowest BCUT2D eigenvalue weighted by molar-refractivity contribution is -0.122. The van der Waals surface area contributed by atoms with Gasteiger partial charge in [-0.2, -0.15) is 0 Å². The number of hydrogen-bond donors (Lipinski definition) is 2. The van der Waals surface area contributed by atoms with Gasteiger partial charge < -0.3 is 15.8 Å². The number of hydrogen-bond acceptors (Lipinski definition) is 3. The summed E-state index contributed by atoms with van der Waals surface area (Å²) in [7, 11) is 0. The SMILES string of the molecule is Cc1ccc(OCCC(=O)NC(C)C)c(CCN)c1. The van der Waals surface area contributed by atoms with Gasteiger partial charge in [0.2, 0.25) is 5.91 Å². The Bertz CT molecular complexity index is 417. The van der Waals surface area contributed by atoms with Crippen molar-refractivity contribution in [1.29, 1.82) is 0 Å². The molecule has 1 aromatic carbocycles. The van der Waals surface area contributed by atoms with Crippen molar-refractivity contribution in [2.75, 3.05) is 13.2 Å². The molecule has 0 aliphatic rings. The Morgan fingerprint density at radius 1 is 1.42 bits per heavy atom. The van der Waals surface area contributed by atoms with Crippen LogP contribution in [0.5, 0.6) is 5.75 Å². The van der Waals surface area contributed by atoms with E-state index in [9.17, 15) is 4.79 Å². The summed E-state index contributed by atoms with van der Waals surface area (Å²) >= 11 is 0. The molecular weight excluding hydrogens is 240 g/mol. The molecule has 0 fully saturated rings. The number of rotatable bonds is 7. The number of ether oxygens (including phenoxy) is 1. The third-order valence-corrected chi connectivity index (χ3v) is 2.67. The van der Waals surface area contributed by atoms with Crippen LogP contribution in [0.15, 0.2) is 18.2 Å². The fourth-order valence-electron chi connectivity index (χ4n) is 1.85. The van der Waals surface area contributed by atoms with Gasteiger partial charge in [0.05, 0.1) is 13.0 Å². The van der Waals surface area contributed by atoms with E-state index in [-0.39, 0.29) is 11.9 Å². The smallest absolute Gasteiger partial charge is 0.223 e. The molecule has 4 heteroatoms. The molecule has 0 heterocycles. The third-order valence-electron chi connectivity index (χ3n) is 2.67. The minimum absolute atomic E-state index is 0.0162. The summed E-state index contributed by atoms with van der Waals surface area (Å²) in [6.45, 7) is 6.91. The molecule has 0 saturated carbocycles. The molecular formula is C15H24N2O2. The van der Waals surface area contributed by atoms with Crippen LogP contribution in [0.2, 0.25) is 0 Å². The van der Waals surface area contributed by atoms with Gasteiger partial charge in [-0.05, 0) is 45.4 Å². The summed E-state index contributed by atoms with van der Waals surface area (Å²) < 4.78 is 5.68. The largest absolute Gasteiger partial charge is 0.493 e. The lowest BCUT2D eigenvalue weighted by Crippen LogP contribution is -2.31. The molecule has 0 spiro atoms. The van der Waals surface area contributed by atoms with E-state index in [4.69, 9.17) is 10.5 Å². The maximum atomic E-state index is 11.5. The lowest BCUT2D eigenvalue weighted by Gasteiger charge is -2.12. The highest BCUT2D eigenvalue weighted by molar-refractivity contribution is 5.76. The Morgan fingerprint density at radius 2 is 2.16 bits per heavy atom. The van der Waals surface area contributed by atoms with Crippen LogP contribution in [0.25, 0.3) is 0 Å².